The fourth-order valence-electron chi connectivity index (χ4n) is 3.19. The fourth-order valence-corrected chi connectivity index (χ4v) is 3.19. The molecule has 5 nitrogen and oxygen atoms in total. The van der Waals surface area contributed by atoms with Gasteiger partial charge in [0.2, 0.25) is 11.8 Å². The number of allylic oxidation sites excluding steroid dienone is 2. The van der Waals surface area contributed by atoms with E-state index in [4.69, 9.17) is 0 Å². The SMILES string of the molecule is CCC(CC)(C(=O)O)N1C(=O)C2CC=CCC2C1=O. The van der Waals surface area contributed by atoms with Gasteiger partial charge in [-0.3, -0.25) is 14.5 Å². The van der Waals surface area contributed by atoms with Crippen LogP contribution in [0.4, 0.5) is 0 Å². The van der Waals surface area contributed by atoms with Gasteiger partial charge in [-0.25, -0.2) is 4.79 Å². The van der Waals surface area contributed by atoms with E-state index in [1.807, 2.05) is 12.2 Å². The summed E-state index contributed by atoms with van der Waals surface area (Å²) in [5, 5.41) is 9.49. The third kappa shape index (κ3) is 1.79. The molecule has 1 fully saturated rings. The first kappa shape index (κ1) is 13.8. The van der Waals surface area contributed by atoms with Crippen LogP contribution < -0.4 is 0 Å². The average Bonchev–Trinajstić information content (AvgIpc) is 2.66. The van der Waals surface area contributed by atoms with Crippen molar-refractivity contribution in [2.24, 2.45) is 11.8 Å². The maximum atomic E-state index is 12.4. The summed E-state index contributed by atoms with van der Waals surface area (Å²) >= 11 is 0. The average molecular weight is 265 g/mol. The minimum Gasteiger partial charge on any atom is -0.479 e. The van der Waals surface area contributed by atoms with E-state index in [-0.39, 0.29) is 36.5 Å². The molecule has 5 heteroatoms. The van der Waals surface area contributed by atoms with E-state index in [1.165, 1.54) is 0 Å². The lowest BCUT2D eigenvalue weighted by Crippen LogP contribution is -2.56. The third-order valence-corrected chi connectivity index (χ3v) is 4.50. The minimum atomic E-state index is -1.38. The number of nitrogens with zero attached hydrogens (tertiary/aromatic N) is 1. The molecular formula is C14H19NO4. The van der Waals surface area contributed by atoms with Crippen LogP contribution in [-0.2, 0) is 14.4 Å². The number of hydrogen-bond donors (Lipinski definition) is 1. The maximum absolute atomic E-state index is 12.4. The summed E-state index contributed by atoms with van der Waals surface area (Å²) < 4.78 is 0. The number of hydrogen-bond acceptors (Lipinski definition) is 3. The van der Waals surface area contributed by atoms with Crippen molar-refractivity contribution in [1.29, 1.82) is 0 Å². The quantitative estimate of drug-likeness (QED) is 0.618. The first-order valence-electron chi connectivity index (χ1n) is 6.76. The Labute approximate surface area is 112 Å². The smallest absolute Gasteiger partial charge is 0.330 e. The summed E-state index contributed by atoms with van der Waals surface area (Å²) in [5.41, 5.74) is -1.38. The van der Waals surface area contributed by atoms with Gasteiger partial charge in [-0.05, 0) is 25.7 Å². The second-order valence-corrected chi connectivity index (χ2v) is 5.21. The molecule has 0 aromatic rings. The molecule has 2 rings (SSSR count). The molecule has 0 saturated carbocycles. The van der Waals surface area contributed by atoms with Crippen molar-refractivity contribution in [2.75, 3.05) is 0 Å². The number of amides is 2. The molecule has 2 unspecified atom stereocenters. The topological polar surface area (TPSA) is 74.7 Å². The molecule has 0 spiro atoms. The number of carbonyl (C=O) groups is 3. The van der Waals surface area contributed by atoms with Crippen molar-refractivity contribution in [3.05, 3.63) is 12.2 Å². The zero-order valence-corrected chi connectivity index (χ0v) is 11.3. The predicted molar refractivity (Wildman–Crippen MR) is 68.2 cm³/mol. The molecule has 0 bridgehead atoms. The van der Waals surface area contributed by atoms with Crippen molar-refractivity contribution in [3.8, 4) is 0 Å². The lowest BCUT2D eigenvalue weighted by molar-refractivity contribution is -0.164. The van der Waals surface area contributed by atoms with Crippen molar-refractivity contribution >= 4 is 17.8 Å². The molecule has 1 saturated heterocycles. The predicted octanol–water partition coefficient (Wildman–Crippen LogP) is 1.58. The first-order chi connectivity index (χ1) is 8.99. The van der Waals surface area contributed by atoms with Crippen molar-refractivity contribution in [3.63, 3.8) is 0 Å². The zero-order valence-electron chi connectivity index (χ0n) is 11.3. The molecule has 19 heavy (non-hydrogen) atoms. The summed E-state index contributed by atoms with van der Waals surface area (Å²) in [6, 6.07) is 0. The molecule has 0 aromatic carbocycles. The van der Waals surface area contributed by atoms with Crippen LogP contribution in [0.5, 0.6) is 0 Å². The van der Waals surface area contributed by atoms with Crippen LogP contribution in [0.1, 0.15) is 39.5 Å². The highest BCUT2D eigenvalue weighted by atomic mass is 16.4. The van der Waals surface area contributed by atoms with Crippen LogP contribution >= 0.6 is 0 Å². The van der Waals surface area contributed by atoms with Gasteiger partial charge >= 0.3 is 5.97 Å². The molecule has 0 radical (unpaired) electrons. The highest BCUT2D eigenvalue weighted by molar-refractivity contribution is 6.09. The Morgan fingerprint density at radius 1 is 1.21 bits per heavy atom. The number of carboxylic acid groups (broad SMARTS) is 1. The lowest BCUT2D eigenvalue weighted by atomic mass is 9.85. The molecule has 2 amide bonds. The Bertz CT molecular complexity index is 424. The molecule has 2 aliphatic rings. The van der Waals surface area contributed by atoms with E-state index in [1.54, 1.807) is 13.8 Å². The molecule has 104 valence electrons. The number of carboxylic acids is 1. The van der Waals surface area contributed by atoms with E-state index in [9.17, 15) is 19.5 Å². The second-order valence-electron chi connectivity index (χ2n) is 5.21. The monoisotopic (exact) mass is 265 g/mol. The van der Waals surface area contributed by atoms with Gasteiger partial charge in [0.15, 0.2) is 0 Å². The van der Waals surface area contributed by atoms with E-state index in [0.717, 1.165) is 4.90 Å². The van der Waals surface area contributed by atoms with Crippen LogP contribution in [0.2, 0.25) is 0 Å². The van der Waals surface area contributed by atoms with E-state index in [2.05, 4.69) is 0 Å². The largest absolute Gasteiger partial charge is 0.479 e. The van der Waals surface area contributed by atoms with Crippen molar-refractivity contribution < 1.29 is 19.5 Å². The van der Waals surface area contributed by atoms with E-state index >= 15 is 0 Å². The number of aliphatic carboxylic acids is 1. The number of carbonyl (C=O) groups excluding carboxylic acids is 2. The van der Waals surface area contributed by atoms with Gasteiger partial charge in [-0.2, -0.15) is 0 Å². The van der Waals surface area contributed by atoms with Crippen molar-refractivity contribution in [2.45, 2.75) is 45.1 Å². The van der Waals surface area contributed by atoms with Crippen LogP contribution in [0.15, 0.2) is 12.2 Å². The number of imide groups is 1. The zero-order chi connectivity index (χ0) is 14.2. The van der Waals surface area contributed by atoms with Gasteiger partial charge in [-0.1, -0.05) is 26.0 Å². The highest BCUT2D eigenvalue weighted by Gasteiger charge is 2.56. The fraction of sp³-hybridized carbons (Fsp3) is 0.643. The van der Waals surface area contributed by atoms with E-state index in [0.29, 0.717) is 12.8 Å². The van der Waals surface area contributed by atoms with Gasteiger partial charge in [-0.15, -0.1) is 0 Å². The summed E-state index contributed by atoms with van der Waals surface area (Å²) in [7, 11) is 0. The van der Waals surface area contributed by atoms with Gasteiger partial charge in [0, 0.05) is 0 Å². The van der Waals surface area contributed by atoms with Gasteiger partial charge in [0.1, 0.15) is 5.54 Å². The van der Waals surface area contributed by atoms with Crippen LogP contribution in [0.25, 0.3) is 0 Å². The minimum absolute atomic E-state index is 0.239. The van der Waals surface area contributed by atoms with Crippen LogP contribution in [-0.4, -0.2) is 33.3 Å². The van der Waals surface area contributed by atoms with E-state index < -0.39 is 11.5 Å². The number of fused-ring (bicyclic) bond motifs is 1. The molecule has 0 aromatic heterocycles. The normalized spacial score (nSPS) is 26.7. The Kier molecular flexibility index (Phi) is 3.47. The summed E-state index contributed by atoms with van der Waals surface area (Å²) in [5.74, 6) is -2.45. The number of rotatable bonds is 4. The van der Waals surface area contributed by atoms with Crippen molar-refractivity contribution in [1.82, 2.24) is 4.90 Å². The molecule has 1 aliphatic heterocycles. The van der Waals surface area contributed by atoms with Crippen LogP contribution in [0, 0.1) is 11.8 Å². The molecule has 1 N–H and O–H groups in total. The highest BCUT2D eigenvalue weighted by Crippen LogP contribution is 2.40. The van der Waals surface area contributed by atoms with Gasteiger partial charge in [0.05, 0.1) is 11.8 Å². The molecular weight excluding hydrogens is 246 g/mol. The first-order valence-corrected chi connectivity index (χ1v) is 6.76. The summed E-state index contributed by atoms with van der Waals surface area (Å²) in [4.78, 5) is 37.5. The number of likely N-dealkylation sites (tertiary alicyclic amines) is 1. The Morgan fingerprint density at radius 3 is 1.95 bits per heavy atom. The second kappa shape index (κ2) is 4.79. The Balaban J connectivity index is 2.42. The standard InChI is InChI=1S/C14H19NO4/c1-3-14(4-2,13(18)19)15-11(16)9-7-5-6-8-10(9)12(15)17/h5-6,9-10H,3-4,7-8H2,1-2H3,(H,18,19). The maximum Gasteiger partial charge on any atom is 0.330 e. The summed E-state index contributed by atoms with van der Waals surface area (Å²) in [6.07, 6.45) is 5.35. The Morgan fingerprint density at radius 2 is 1.63 bits per heavy atom. The molecule has 1 heterocycles. The van der Waals surface area contributed by atoms with Gasteiger partial charge < -0.3 is 5.11 Å². The third-order valence-electron chi connectivity index (χ3n) is 4.50. The van der Waals surface area contributed by atoms with Crippen LogP contribution in [0.3, 0.4) is 0 Å². The molecule has 2 atom stereocenters. The Hall–Kier alpha value is -1.65. The molecule has 1 aliphatic carbocycles. The lowest BCUT2D eigenvalue weighted by Gasteiger charge is -2.35. The summed E-state index contributed by atoms with van der Waals surface area (Å²) in [6.45, 7) is 3.41. The van der Waals surface area contributed by atoms with Gasteiger partial charge in [0.25, 0.3) is 0 Å².